The van der Waals surface area contributed by atoms with Crippen molar-refractivity contribution in [2.24, 2.45) is 0 Å². The van der Waals surface area contributed by atoms with Crippen LogP contribution in [-0.4, -0.2) is 45.2 Å². The van der Waals surface area contributed by atoms with Crippen LogP contribution < -0.4 is 5.32 Å². The Labute approximate surface area is 230 Å². The molecule has 0 aliphatic rings. The summed E-state index contributed by atoms with van der Waals surface area (Å²) in [6.07, 6.45) is 4.03. The maximum Gasteiger partial charge on any atom is 0.257 e. The SMILES string of the molecule is CC(C)(c1cc(-c2cccc(C(=O)Nc3nc4ccc(S(C)(=O)=O)cc4s3)c2)c2ncccc2c1)S(C)(=O)=O. The molecule has 11 heteroatoms. The van der Waals surface area contributed by atoms with Crippen molar-refractivity contribution in [3.05, 3.63) is 84.1 Å². The zero-order chi connectivity index (χ0) is 28.2. The van der Waals surface area contributed by atoms with E-state index in [9.17, 15) is 21.6 Å². The molecule has 0 aliphatic heterocycles. The molecular formula is C28H25N3O5S3. The first-order valence-corrected chi connectivity index (χ1v) is 16.5. The van der Waals surface area contributed by atoms with Gasteiger partial charge in [0.25, 0.3) is 5.91 Å². The number of fused-ring (bicyclic) bond motifs is 2. The van der Waals surface area contributed by atoms with Crippen molar-refractivity contribution in [2.45, 2.75) is 23.5 Å². The van der Waals surface area contributed by atoms with Crippen LogP contribution in [-0.2, 0) is 24.4 Å². The van der Waals surface area contributed by atoms with Crippen molar-refractivity contribution in [3.63, 3.8) is 0 Å². The van der Waals surface area contributed by atoms with E-state index in [0.717, 1.165) is 11.6 Å². The van der Waals surface area contributed by atoms with Crippen LogP contribution in [0.3, 0.4) is 0 Å². The number of hydrogen-bond donors (Lipinski definition) is 1. The van der Waals surface area contributed by atoms with Gasteiger partial charge in [0.1, 0.15) is 0 Å². The monoisotopic (exact) mass is 579 g/mol. The Balaban J connectivity index is 1.53. The highest BCUT2D eigenvalue weighted by atomic mass is 32.2. The lowest BCUT2D eigenvalue weighted by molar-refractivity contribution is 0.102. The van der Waals surface area contributed by atoms with Crippen molar-refractivity contribution >= 4 is 63.2 Å². The van der Waals surface area contributed by atoms with Gasteiger partial charge in [-0.1, -0.05) is 29.5 Å². The fourth-order valence-corrected chi connectivity index (χ4v) is 6.33. The molecule has 8 nitrogen and oxygen atoms in total. The normalized spacial score (nSPS) is 12.6. The molecule has 5 aromatic rings. The Morgan fingerprint density at radius 2 is 1.69 bits per heavy atom. The highest BCUT2D eigenvalue weighted by molar-refractivity contribution is 7.91. The number of thiazole rings is 1. The second-order valence-corrected chi connectivity index (χ2v) is 15.4. The summed E-state index contributed by atoms with van der Waals surface area (Å²) in [4.78, 5) is 22.3. The molecule has 1 N–H and O–H groups in total. The van der Waals surface area contributed by atoms with Crippen LogP contribution in [0, 0.1) is 0 Å². The summed E-state index contributed by atoms with van der Waals surface area (Å²) in [5.41, 5.74) is 3.69. The van der Waals surface area contributed by atoms with E-state index in [0.29, 0.717) is 43.1 Å². The average molecular weight is 580 g/mol. The molecule has 3 aromatic carbocycles. The summed E-state index contributed by atoms with van der Waals surface area (Å²) in [5, 5.41) is 3.94. The minimum Gasteiger partial charge on any atom is -0.298 e. The number of carbonyl (C=O) groups is 1. The lowest BCUT2D eigenvalue weighted by Gasteiger charge is -2.24. The number of aromatic nitrogens is 2. The number of rotatable bonds is 6. The van der Waals surface area contributed by atoms with Gasteiger partial charge < -0.3 is 0 Å². The van der Waals surface area contributed by atoms with Gasteiger partial charge in [0, 0.05) is 35.2 Å². The number of benzene rings is 3. The Hall–Kier alpha value is -3.67. The molecule has 0 spiro atoms. The molecule has 2 aromatic heterocycles. The number of amides is 1. The van der Waals surface area contributed by atoms with E-state index < -0.39 is 24.4 Å². The van der Waals surface area contributed by atoms with Gasteiger partial charge >= 0.3 is 0 Å². The number of sulfone groups is 2. The first-order valence-electron chi connectivity index (χ1n) is 11.9. The molecule has 0 saturated heterocycles. The predicted molar refractivity (Wildman–Crippen MR) is 156 cm³/mol. The highest BCUT2D eigenvalue weighted by Gasteiger charge is 2.33. The Morgan fingerprint density at radius 3 is 2.41 bits per heavy atom. The van der Waals surface area contributed by atoms with E-state index in [4.69, 9.17) is 0 Å². The molecule has 0 bridgehead atoms. The van der Waals surface area contributed by atoms with Gasteiger partial charge in [-0.25, -0.2) is 21.8 Å². The summed E-state index contributed by atoms with van der Waals surface area (Å²) >= 11 is 1.19. The topological polar surface area (TPSA) is 123 Å². The van der Waals surface area contributed by atoms with Gasteiger partial charge in [-0.3, -0.25) is 15.1 Å². The zero-order valence-corrected chi connectivity index (χ0v) is 24.0. The molecule has 0 saturated carbocycles. The number of nitrogens with zero attached hydrogens (tertiary/aromatic N) is 2. The number of nitrogens with one attached hydrogen (secondary N) is 1. The van der Waals surface area contributed by atoms with E-state index in [-0.39, 0.29) is 10.8 Å². The fraction of sp³-hybridized carbons (Fsp3) is 0.179. The third-order valence-corrected chi connectivity index (χ3v) is 10.9. The maximum atomic E-state index is 13.2. The van der Waals surface area contributed by atoms with Gasteiger partial charge in [-0.05, 0) is 73.5 Å². The van der Waals surface area contributed by atoms with Gasteiger partial charge in [-0.2, -0.15) is 0 Å². The zero-order valence-electron chi connectivity index (χ0n) is 21.6. The third-order valence-electron chi connectivity index (χ3n) is 6.77. The van der Waals surface area contributed by atoms with Gasteiger partial charge in [0.15, 0.2) is 24.8 Å². The standard InChI is InChI=1S/C28H25N3O5S3/c1-28(2,39(4,35)36)20-14-18-9-6-12-29-25(18)22(15-20)17-7-5-8-19(13-17)26(32)31-27-30-23-11-10-21(38(3,33)34)16-24(23)37-27/h5-16H,1-4H3,(H,30,31,32). The van der Waals surface area contributed by atoms with Crippen molar-refractivity contribution < 1.29 is 21.6 Å². The van der Waals surface area contributed by atoms with Crippen molar-refractivity contribution in [1.82, 2.24) is 9.97 Å². The quantitative estimate of drug-likeness (QED) is 0.284. The van der Waals surface area contributed by atoms with Crippen molar-refractivity contribution in [1.29, 1.82) is 0 Å². The summed E-state index contributed by atoms with van der Waals surface area (Å²) in [5.74, 6) is -0.385. The fourth-order valence-electron chi connectivity index (χ4n) is 4.16. The van der Waals surface area contributed by atoms with E-state index in [1.165, 1.54) is 23.7 Å². The second-order valence-electron chi connectivity index (χ2n) is 9.84. The highest BCUT2D eigenvalue weighted by Crippen LogP contribution is 2.37. The van der Waals surface area contributed by atoms with Crippen LogP contribution >= 0.6 is 11.3 Å². The van der Waals surface area contributed by atoms with Crippen molar-refractivity contribution in [2.75, 3.05) is 17.8 Å². The number of pyridine rings is 1. The van der Waals surface area contributed by atoms with Crippen LogP contribution in [0.25, 0.3) is 32.2 Å². The van der Waals surface area contributed by atoms with Crippen LogP contribution in [0.1, 0.15) is 29.8 Å². The molecule has 1 amide bonds. The van der Waals surface area contributed by atoms with Crippen LogP contribution in [0.2, 0.25) is 0 Å². The van der Waals surface area contributed by atoms with E-state index in [1.807, 2.05) is 24.3 Å². The van der Waals surface area contributed by atoms with Crippen LogP contribution in [0.4, 0.5) is 5.13 Å². The Morgan fingerprint density at radius 1 is 0.923 bits per heavy atom. The maximum absolute atomic E-state index is 13.2. The van der Waals surface area contributed by atoms with Crippen LogP contribution in [0.15, 0.2) is 77.8 Å². The second kappa shape index (κ2) is 9.51. The third kappa shape index (κ3) is 5.17. The summed E-state index contributed by atoms with van der Waals surface area (Å²) in [7, 11) is -6.79. The smallest absolute Gasteiger partial charge is 0.257 e. The first-order chi connectivity index (χ1) is 18.2. The minimum atomic E-state index is -3.43. The van der Waals surface area contributed by atoms with E-state index >= 15 is 0 Å². The molecule has 0 unspecified atom stereocenters. The number of carbonyl (C=O) groups excluding carboxylic acids is 1. The Bertz CT molecular complexity index is 2000. The number of hydrogen-bond acceptors (Lipinski definition) is 8. The molecule has 0 fully saturated rings. The number of anilines is 1. The first kappa shape index (κ1) is 26.9. The molecule has 5 rings (SSSR count). The van der Waals surface area contributed by atoms with Crippen LogP contribution in [0.5, 0.6) is 0 Å². The Kier molecular flexibility index (Phi) is 6.56. The van der Waals surface area contributed by atoms with E-state index in [2.05, 4.69) is 15.3 Å². The van der Waals surface area contributed by atoms with Crippen molar-refractivity contribution in [3.8, 4) is 11.1 Å². The molecule has 0 radical (unpaired) electrons. The van der Waals surface area contributed by atoms with Gasteiger partial charge in [0.2, 0.25) is 0 Å². The molecule has 0 atom stereocenters. The molecule has 39 heavy (non-hydrogen) atoms. The molecule has 2 heterocycles. The predicted octanol–water partition coefficient (Wildman–Crippen LogP) is 5.45. The summed E-state index contributed by atoms with van der Waals surface area (Å²) in [6, 6.07) is 19.0. The van der Waals surface area contributed by atoms with Gasteiger partial charge in [-0.15, -0.1) is 0 Å². The summed E-state index contributed by atoms with van der Waals surface area (Å²) in [6.45, 7) is 3.34. The molecule has 0 aliphatic carbocycles. The minimum absolute atomic E-state index is 0.186. The lowest BCUT2D eigenvalue weighted by Crippen LogP contribution is -2.28. The summed E-state index contributed by atoms with van der Waals surface area (Å²) < 4.78 is 48.4. The lowest BCUT2D eigenvalue weighted by atomic mass is 9.93. The largest absolute Gasteiger partial charge is 0.298 e. The average Bonchev–Trinajstić information content (AvgIpc) is 3.28. The van der Waals surface area contributed by atoms with E-state index in [1.54, 1.807) is 56.4 Å². The molecular weight excluding hydrogens is 555 g/mol. The molecule has 200 valence electrons. The van der Waals surface area contributed by atoms with Gasteiger partial charge in [0.05, 0.1) is 25.4 Å².